The SMILES string of the molecule is Cc1nc(Nc2ncc3ccc4ncc(C5CCCC5)n4c3n2)ccc1N1CCNCC1.Cl. The van der Waals surface area contributed by atoms with Crippen LogP contribution in [-0.2, 0) is 0 Å². The number of piperazine rings is 1. The summed E-state index contributed by atoms with van der Waals surface area (Å²) in [6.45, 7) is 6.10. The predicted octanol–water partition coefficient (Wildman–Crippen LogP) is 4.21. The van der Waals surface area contributed by atoms with E-state index in [2.05, 4.69) is 49.0 Å². The summed E-state index contributed by atoms with van der Waals surface area (Å²) in [5.41, 5.74) is 5.31. The summed E-state index contributed by atoms with van der Waals surface area (Å²) >= 11 is 0. The number of hydrogen-bond donors (Lipinski definition) is 2. The van der Waals surface area contributed by atoms with Crippen LogP contribution in [0, 0.1) is 6.92 Å². The lowest BCUT2D eigenvalue weighted by atomic mass is 10.1. The fraction of sp³-hybridized carbons (Fsp3) is 0.417. The van der Waals surface area contributed by atoms with Crippen molar-refractivity contribution in [2.45, 2.75) is 38.5 Å². The molecular formula is C24H29ClN8. The number of aromatic nitrogens is 5. The number of halogens is 1. The lowest BCUT2D eigenvalue weighted by Crippen LogP contribution is -2.43. The molecule has 1 aliphatic heterocycles. The first-order valence-corrected chi connectivity index (χ1v) is 11.6. The first-order chi connectivity index (χ1) is 15.8. The van der Waals surface area contributed by atoms with Gasteiger partial charge in [-0.2, -0.15) is 4.98 Å². The number of pyridine rings is 2. The largest absolute Gasteiger partial charge is 0.368 e. The Hall–Kier alpha value is -2.97. The molecule has 0 spiro atoms. The lowest BCUT2D eigenvalue weighted by Gasteiger charge is -2.30. The fourth-order valence-electron chi connectivity index (χ4n) is 5.12. The van der Waals surface area contributed by atoms with Gasteiger partial charge in [-0.25, -0.2) is 15.0 Å². The number of hydrogen-bond acceptors (Lipinski definition) is 7. The second-order valence-corrected chi connectivity index (χ2v) is 8.83. The third kappa shape index (κ3) is 4.09. The van der Waals surface area contributed by atoms with Crippen LogP contribution in [0.25, 0.3) is 16.7 Å². The highest BCUT2D eigenvalue weighted by atomic mass is 35.5. The molecule has 0 amide bonds. The number of anilines is 3. The van der Waals surface area contributed by atoms with Crippen LogP contribution in [0.2, 0.25) is 0 Å². The molecule has 9 heteroatoms. The van der Waals surface area contributed by atoms with Gasteiger partial charge < -0.3 is 15.5 Å². The number of imidazole rings is 1. The van der Waals surface area contributed by atoms with Crippen molar-refractivity contribution in [1.82, 2.24) is 29.7 Å². The molecule has 4 aromatic heterocycles. The van der Waals surface area contributed by atoms with Gasteiger partial charge in [-0.15, -0.1) is 12.4 Å². The van der Waals surface area contributed by atoms with Crippen molar-refractivity contribution in [3.63, 3.8) is 0 Å². The van der Waals surface area contributed by atoms with E-state index in [9.17, 15) is 0 Å². The van der Waals surface area contributed by atoms with E-state index in [-0.39, 0.29) is 12.4 Å². The van der Waals surface area contributed by atoms with Gasteiger partial charge in [-0.3, -0.25) is 4.40 Å². The molecule has 2 N–H and O–H groups in total. The molecular weight excluding hydrogens is 436 g/mol. The molecule has 0 bridgehead atoms. The zero-order chi connectivity index (χ0) is 21.5. The Morgan fingerprint density at radius 3 is 2.58 bits per heavy atom. The second kappa shape index (κ2) is 9.11. The third-order valence-electron chi connectivity index (χ3n) is 6.77. The summed E-state index contributed by atoms with van der Waals surface area (Å²) in [7, 11) is 0. The van der Waals surface area contributed by atoms with Crippen molar-refractivity contribution in [1.29, 1.82) is 0 Å². The second-order valence-electron chi connectivity index (χ2n) is 8.83. The average molecular weight is 465 g/mol. The standard InChI is InChI=1S/C24H28N8.ClH/c1-16-19(31-12-10-25-11-13-31)7-8-21(28-16)29-24-27-14-18-6-9-22-26-15-20(17-4-2-3-5-17)32(22)23(18)30-24;/h6-9,14-15,17,25H,2-5,10-13H2,1H3,(H,27,28,29,30);1H. The van der Waals surface area contributed by atoms with E-state index in [1.165, 1.54) is 37.1 Å². The van der Waals surface area contributed by atoms with Gasteiger partial charge in [0.2, 0.25) is 5.95 Å². The summed E-state index contributed by atoms with van der Waals surface area (Å²) in [6, 6.07) is 8.25. The molecule has 33 heavy (non-hydrogen) atoms. The van der Waals surface area contributed by atoms with Gasteiger partial charge in [0.1, 0.15) is 11.5 Å². The Bertz CT molecular complexity index is 1270. The summed E-state index contributed by atoms with van der Waals surface area (Å²) in [5, 5.41) is 7.72. The van der Waals surface area contributed by atoms with E-state index in [1.807, 2.05) is 24.5 Å². The molecule has 5 heterocycles. The van der Waals surface area contributed by atoms with Crippen molar-refractivity contribution >= 4 is 46.5 Å². The molecule has 0 aromatic carbocycles. The van der Waals surface area contributed by atoms with Crippen molar-refractivity contribution < 1.29 is 0 Å². The van der Waals surface area contributed by atoms with Gasteiger partial charge in [-0.05, 0) is 44.0 Å². The lowest BCUT2D eigenvalue weighted by molar-refractivity contribution is 0.588. The van der Waals surface area contributed by atoms with Gasteiger partial charge in [0.05, 0.1) is 11.4 Å². The highest BCUT2D eigenvalue weighted by molar-refractivity contribution is 5.85. The van der Waals surface area contributed by atoms with Crippen LogP contribution in [0.3, 0.4) is 0 Å². The highest BCUT2D eigenvalue weighted by Crippen LogP contribution is 2.35. The molecule has 1 saturated heterocycles. The van der Waals surface area contributed by atoms with Crippen LogP contribution >= 0.6 is 12.4 Å². The first-order valence-electron chi connectivity index (χ1n) is 11.6. The quantitative estimate of drug-likeness (QED) is 0.468. The third-order valence-corrected chi connectivity index (χ3v) is 6.77. The zero-order valence-electron chi connectivity index (χ0n) is 18.8. The van der Waals surface area contributed by atoms with E-state index in [0.717, 1.165) is 54.4 Å². The van der Waals surface area contributed by atoms with Gasteiger partial charge in [0.15, 0.2) is 5.65 Å². The predicted molar refractivity (Wildman–Crippen MR) is 134 cm³/mol. The van der Waals surface area contributed by atoms with Crippen molar-refractivity contribution in [2.75, 3.05) is 36.4 Å². The Kier molecular flexibility index (Phi) is 6.03. The van der Waals surface area contributed by atoms with E-state index in [1.54, 1.807) is 0 Å². The topological polar surface area (TPSA) is 83.3 Å². The van der Waals surface area contributed by atoms with Crippen LogP contribution in [0.15, 0.2) is 36.7 Å². The van der Waals surface area contributed by atoms with Crippen LogP contribution in [0.5, 0.6) is 0 Å². The van der Waals surface area contributed by atoms with Crippen molar-refractivity contribution in [3.8, 4) is 0 Å². The van der Waals surface area contributed by atoms with Crippen LogP contribution in [0.1, 0.15) is 43.0 Å². The molecule has 2 fully saturated rings. The maximum absolute atomic E-state index is 4.89. The normalized spacial score (nSPS) is 16.9. The number of nitrogens with one attached hydrogen (secondary N) is 2. The van der Waals surface area contributed by atoms with E-state index >= 15 is 0 Å². The Labute approximate surface area is 199 Å². The minimum Gasteiger partial charge on any atom is -0.368 e. The number of aryl methyl sites for hydroxylation is 1. The van der Waals surface area contributed by atoms with Gasteiger partial charge in [0, 0.05) is 55.6 Å². The molecule has 4 aromatic rings. The van der Waals surface area contributed by atoms with Gasteiger partial charge >= 0.3 is 0 Å². The minimum atomic E-state index is 0. The van der Waals surface area contributed by atoms with Crippen LogP contribution in [-0.4, -0.2) is 50.5 Å². The Balaban J connectivity index is 0.00000228. The Morgan fingerprint density at radius 1 is 0.970 bits per heavy atom. The highest BCUT2D eigenvalue weighted by Gasteiger charge is 2.22. The Morgan fingerprint density at radius 2 is 1.79 bits per heavy atom. The molecule has 6 rings (SSSR count). The number of rotatable bonds is 4. The molecule has 172 valence electrons. The molecule has 1 saturated carbocycles. The van der Waals surface area contributed by atoms with Crippen molar-refractivity contribution in [3.05, 3.63) is 48.0 Å². The molecule has 0 atom stereocenters. The fourth-order valence-corrected chi connectivity index (χ4v) is 5.12. The van der Waals surface area contributed by atoms with E-state index < -0.39 is 0 Å². The summed E-state index contributed by atoms with van der Waals surface area (Å²) in [6.07, 6.45) is 8.94. The maximum atomic E-state index is 4.89. The van der Waals surface area contributed by atoms with Gasteiger partial charge in [-0.1, -0.05) is 12.8 Å². The monoisotopic (exact) mass is 464 g/mol. The van der Waals surface area contributed by atoms with E-state index in [0.29, 0.717) is 11.9 Å². The van der Waals surface area contributed by atoms with Crippen LogP contribution in [0.4, 0.5) is 17.5 Å². The summed E-state index contributed by atoms with van der Waals surface area (Å²) < 4.78 is 2.21. The average Bonchev–Trinajstić information content (AvgIpc) is 3.50. The number of nitrogens with zero attached hydrogens (tertiary/aromatic N) is 6. The van der Waals surface area contributed by atoms with E-state index in [4.69, 9.17) is 9.97 Å². The van der Waals surface area contributed by atoms with Crippen LogP contribution < -0.4 is 15.5 Å². The summed E-state index contributed by atoms with van der Waals surface area (Å²) in [4.78, 5) is 21.3. The molecule has 0 radical (unpaired) electrons. The minimum absolute atomic E-state index is 0. The maximum Gasteiger partial charge on any atom is 0.230 e. The molecule has 8 nitrogen and oxygen atoms in total. The summed E-state index contributed by atoms with van der Waals surface area (Å²) in [5.74, 6) is 1.87. The van der Waals surface area contributed by atoms with Crippen molar-refractivity contribution in [2.24, 2.45) is 0 Å². The molecule has 2 aliphatic rings. The number of fused-ring (bicyclic) bond motifs is 3. The van der Waals surface area contributed by atoms with Gasteiger partial charge in [0.25, 0.3) is 0 Å². The zero-order valence-corrected chi connectivity index (χ0v) is 19.6. The first kappa shape index (κ1) is 21.9. The molecule has 1 aliphatic carbocycles. The smallest absolute Gasteiger partial charge is 0.230 e. The molecule has 0 unspecified atom stereocenters.